The van der Waals surface area contributed by atoms with Gasteiger partial charge >= 0.3 is 0 Å². The maximum Gasteiger partial charge on any atom is 0.253 e. The maximum atomic E-state index is 13.3. The number of hydrogen-bond acceptors (Lipinski definition) is 4. The molecule has 3 rings (SSSR count). The van der Waals surface area contributed by atoms with Crippen molar-refractivity contribution in [2.24, 2.45) is 0 Å². The van der Waals surface area contributed by atoms with Crippen LogP contribution < -0.4 is 11.1 Å². The molecule has 0 saturated carbocycles. The number of nitrogens with two attached hydrogens (primary N) is 1. The number of carbonyl (C=O) groups is 1. The third-order valence-corrected chi connectivity index (χ3v) is 3.09. The van der Waals surface area contributed by atoms with Crippen molar-refractivity contribution in [1.82, 2.24) is 19.9 Å². The minimum atomic E-state index is -0.615. The lowest BCUT2D eigenvalue weighted by molar-refractivity contribution is 0.0950. The monoisotopic (exact) mass is 285 g/mol. The van der Waals surface area contributed by atoms with Crippen molar-refractivity contribution in [3.8, 4) is 0 Å². The number of pyridine rings is 1. The Hall–Kier alpha value is -2.96. The minimum Gasteiger partial charge on any atom is -0.396 e. The number of hydrogen-bond donors (Lipinski definition) is 2. The van der Waals surface area contributed by atoms with E-state index in [0.29, 0.717) is 11.5 Å². The molecule has 0 radical (unpaired) electrons. The Morgan fingerprint density at radius 2 is 2.10 bits per heavy atom. The number of nitrogens with zero attached hydrogens (tertiary/aromatic N) is 3. The smallest absolute Gasteiger partial charge is 0.253 e. The molecule has 1 amide bonds. The van der Waals surface area contributed by atoms with Gasteiger partial charge in [0.15, 0.2) is 11.5 Å². The van der Waals surface area contributed by atoms with Crippen LogP contribution in [0.2, 0.25) is 0 Å². The predicted molar refractivity (Wildman–Crippen MR) is 75.0 cm³/mol. The summed E-state index contributed by atoms with van der Waals surface area (Å²) < 4.78 is 15.1. The van der Waals surface area contributed by atoms with Gasteiger partial charge in [0.2, 0.25) is 0 Å². The zero-order valence-electron chi connectivity index (χ0n) is 11.0. The van der Waals surface area contributed by atoms with E-state index in [1.54, 1.807) is 10.6 Å². The summed E-state index contributed by atoms with van der Waals surface area (Å²) in [5.74, 6) is -0.496. The lowest BCUT2D eigenvalue weighted by atomic mass is 10.1. The quantitative estimate of drug-likeness (QED) is 0.712. The molecule has 0 fully saturated rings. The molecule has 0 aliphatic carbocycles. The van der Waals surface area contributed by atoms with Crippen LogP contribution in [0.15, 0.2) is 42.6 Å². The maximum absolute atomic E-state index is 13.3. The highest BCUT2D eigenvalue weighted by atomic mass is 19.1. The lowest BCUT2D eigenvalue weighted by Gasteiger charge is -2.07. The first-order chi connectivity index (χ1) is 10.2. The molecule has 21 heavy (non-hydrogen) atoms. The summed E-state index contributed by atoms with van der Waals surface area (Å²) in [6, 6.07) is 9.61. The SMILES string of the molecule is Nc1c(F)cccc1C(=O)NCc1nnc2ccccn12. The van der Waals surface area contributed by atoms with E-state index in [4.69, 9.17) is 5.73 Å². The van der Waals surface area contributed by atoms with Gasteiger partial charge in [-0.3, -0.25) is 9.20 Å². The van der Waals surface area contributed by atoms with Gasteiger partial charge in [-0.05, 0) is 24.3 Å². The summed E-state index contributed by atoms with van der Waals surface area (Å²) >= 11 is 0. The molecule has 2 aromatic heterocycles. The van der Waals surface area contributed by atoms with Crippen molar-refractivity contribution in [3.63, 3.8) is 0 Å². The predicted octanol–water partition coefficient (Wildman–Crippen LogP) is 1.38. The summed E-state index contributed by atoms with van der Waals surface area (Å²) in [5, 5.41) is 10.6. The fraction of sp³-hybridized carbons (Fsp3) is 0.0714. The number of anilines is 1. The van der Waals surface area contributed by atoms with E-state index >= 15 is 0 Å². The molecule has 0 aliphatic heterocycles. The number of halogens is 1. The van der Waals surface area contributed by atoms with E-state index in [1.807, 2.05) is 18.2 Å². The van der Waals surface area contributed by atoms with E-state index < -0.39 is 11.7 Å². The van der Waals surface area contributed by atoms with Gasteiger partial charge in [-0.1, -0.05) is 12.1 Å². The van der Waals surface area contributed by atoms with Crippen LogP contribution in [0.3, 0.4) is 0 Å². The van der Waals surface area contributed by atoms with Gasteiger partial charge < -0.3 is 11.1 Å². The minimum absolute atomic E-state index is 0.101. The Bertz CT molecular complexity index is 814. The van der Waals surface area contributed by atoms with E-state index in [9.17, 15) is 9.18 Å². The molecule has 1 aromatic carbocycles. The van der Waals surface area contributed by atoms with Crippen LogP contribution in [0.1, 0.15) is 16.2 Å². The van der Waals surface area contributed by atoms with Gasteiger partial charge in [-0.15, -0.1) is 10.2 Å². The highest BCUT2D eigenvalue weighted by Gasteiger charge is 2.13. The van der Waals surface area contributed by atoms with Gasteiger partial charge in [-0.25, -0.2) is 4.39 Å². The van der Waals surface area contributed by atoms with Gasteiger partial charge in [0, 0.05) is 6.20 Å². The van der Waals surface area contributed by atoms with Crippen molar-refractivity contribution >= 4 is 17.2 Å². The largest absolute Gasteiger partial charge is 0.396 e. The first kappa shape index (κ1) is 13.0. The summed E-state index contributed by atoms with van der Waals surface area (Å²) in [7, 11) is 0. The Morgan fingerprint density at radius 1 is 1.24 bits per heavy atom. The molecule has 0 aliphatic rings. The van der Waals surface area contributed by atoms with Crippen LogP contribution in [0.5, 0.6) is 0 Å². The van der Waals surface area contributed by atoms with E-state index in [0.717, 1.165) is 0 Å². The first-order valence-corrected chi connectivity index (χ1v) is 6.27. The number of amides is 1. The third kappa shape index (κ3) is 2.40. The number of carbonyl (C=O) groups excluding carboxylic acids is 1. The number of para-hydroxylation sites is 1. The third-order valence-electron chi connectivity index (χ3n) is 3.09. The van der Waals surface area contributed by atoms with E-state index in [2.05, 4.69) is 15.5 Å². The summed E-state index contributed by atoms with van der Waals surface area (Å²) in [6.07, 6.45) is 1.80. The van der Waals surface area contributed by atoms with Crippen LogP contribution in [0.4, 0.5) is 10.1 Å². The number of nitrogens with one attached hydrogen (secondary N) is 1. The lowest BCUT2D eigenvalue weighted by Crippen LogP contribution is -2.25. The molecule has 2 heterocycles. The first-order valence-electron chi connectivity index (χ1n) is 6.27. The Labute approximate surface area is 119 Å². The number of fused-ring (bicyclic) bond motifs is 1. The Balaban J connectivity index is 1.78. The van der Waals surface area contributed by atoms with Gasteiger partial charge in [0.1, 0.15) is 5.82 Å². The topological polar surface area (TPSA) is 85.3 Å². The van der Waals surface area contributed by atoms with Crippen molar-refractivity contribution in [1.29, 1.82) is 0 Å². The number of rotatable bonds is 3. The van der Waals surface area contributed by atoms with E-state index in [-0.39, 0.29) is 17.8 Å². The highest BCUT2D eigenvalue weighted by Crippen LogP contribution is 2.15. The Morgan fingerprint density at radius 3 is 2.95 bits per heavy atom. The van der Waals surface area contributed by atoms with Crippen LogP contribution in [-0.4, -0.2) is 20.5 Å². The van der Waals surface area contributed by atoms with Crippen molar-refractivity contribution in [3.05, 3.63) is 59.8 Å². The second-order valence-corrected chi connectivity index (χ2v) is 4.43. The molecule has 3 aromatic rings. The summed E-state index contributed by atoms with van der Waals surface area (Å²) in [4.78, 5) is 12.0. The number of aromatic nitrogens is 3. The molecule has 6 nitrogen and oxygen atoms in total. The zero-order valence-corrected chi connectivity index (χ0v) is 11.0. The zero-order chi connectivity index (χ0) is 14.8. The second-order valence-electron chi connectivity index (χ2n) is 4.43. The molecule has 0 spiro atoms. The standard InChI is InChI=1S/C14H12FN5O/c15-10-5-3-4-9(13(10)16)14(21)17-8-12-19-18-11-6-1-2-7-20(11)12/h1-7H,8,16H2,(H,17,21). The van der Waals surface area contributed by atoms with Crippen LogP contribution >= 0.6 is 0 Å². The van der Waals surface area contributed by atoms with Crippen LogP contribution in [0.25, 0.3) is 5.65 Å². The normalized spacial score (nSPS) is 10.7. The second kappa shape index (κ2) is 5.20. The average Bonchev–Trinajstić information content (AvgIpc) is 2.91. The van der Waals surface area contributed by atoms with Gasteiger partial charge in [-0.2, -0.15) is 0 Å². The van der Waals surface area contributed by atoms with Crippen molar-refractivity contribution in [2.45, 2.75) is 6.54 Å². The average molecular weight is 285 g/mol. The molecular weight excluding hydrogens is 273 g/mol. The van der Waals surface area contributed by atoms with Crippen LogP contribution in [0, 0.1) is 5.82 Å². The highest BCUT2D eigenvalue weighted by molar-refractivity contribution is 5.99. The van der Waals surface area contributed by atoms with Crippen LogP contribution in [-0.2, 0) is 6.54 Å². The fourth-order valence-electron chi connectivity index (χ4n) is 2.00. The number of benzene rings is 1. The van der Waals surface area contributed by atoms with Gasteiger partial charge in [0.05, 0.1) is 17.8 Å². The molecule has 0 atom stereocenters. The molecule has 3 N–H and O–H groups in total. The summed E-state index contributed by atoms with van der Waals surface area (Å²) in [6.45, 7) is 0.167. The van der Waals surface area contributed by atoms with Crippen molar-refractivity contribution in [2.75, 3.05) is 5.73 Å². The Kier molecular flexibility index (Phi) is 3.23. The molecule has 7 heteroatoms. The molecule has 0 saturated heterocycles. The molecular formula is C14H12FN5O. The molecule has 106 valence electrons. The van der Waals surface area contributed by atoms with E-state index in [1.165, 1.54) is 18.2 Å². The van der Waals surface area contributed by atoms with Gasteiger partial charge in [0.25, 0.3) is 5.91 Å². The molecule has 0 unspecified atom stereocenters. The molecule has 0 bridgehead atoms. The number of nitrogen functional groups attached to an aromatic ring is 1. The van der Waals surface area contributed by atoms with Crippen molar-refractivity contribution < 1.29 is 9.18 Å². The fourth-order valence-corrected chi connectivity index (χ4v) is 2.00. The summed E-state index contributed by atoms with van der Waals surface area (Å²) in [5.41, 5.74) is 6.18.